The van der Waals surface area contributed by atoms with Crippen molar-refractivity contribution < 1.29 is 17.9 Å². The van der Waals surface area contributed by atoms with Crippen LogP contribution in [-0.2, 0) is 27.0 Å². The molecule has 33 heavy (non-hydrogen) atoms. The Morgan fingerprint density at radius 2 is 1.82 bits per heavy atom. The molecule has 1 aliphatic rings. The first-order valence-corrected chi connectivity index (χ1v) is 13.6. The van der Waals surface area contributed by atoms with Gasteiger partial charge in [0.2, 0.25) is 15.9 Å². The van der Waals surface area contributed by atoms with E-state index in [9.17, 15) is 13.2 Å². The Morgan fingerprint density at radius 1 is 1.12 bits per heavy atom. The Kier molecular flexibility index (Phi) is 9.44. The van der Waals surface area contributed by atoms with Crippen molar-refractivity contribution in [2.45, 2.75) is 38.4 Å². The van der Waals surface area contributed by atoms with Crippen LogP contribution in [0.2, 0.25) is 10.0 Å². The molecular weight excluding hydrogens is 483 g/mol. The second-order valence-corrected chi connectivity index (χ2v) is 11.0. The van der Waals surface area contributed by atoms with Gasteiger partial charge >= 0.3 is 0 Å². The normalized spacial score (nSPS) is 15.4. The number of nitrogens with zero attached hydrogens (tertiary/aromatic N) is 1. The SMILES string of the molecule is CCCc1ccc(OCCNC(=O)C2CCN(S(=O)(=O)Cc3ccc(Cl)cc3Cl)CC2)cc1. The molecule has 1 N–H and O–H groups in total. The van der Waals surface area contributed by atoms with Gasteiger partial charge in [-0.25, -0.2) is 12.7 Å². The van der Waals surface area contributed by atoms with Gasteiger partial charge in [0.1, 0.15) is 12.4 Å². The predicted molar refractivity (Wildman–Crippen MR) is 132 cm³/mol. The van der Waals surface area contributed by atoms with Crippen LogP contribution in [-0.4, -0.2) is 44.9 Å². The summed E-state index contributed by atoms with van der Waals surface area (Å²) in [6.45, 7) is 3.56. The summed E-state index contributed by atoms with van der Waals surface area (Å²) in [6.07, 6.45) is 3.12. The van der Waals surface area contributed by atoms with Crippen molar-refractivity contribution in [1.82, 2.24) is 9.62 Å². The molecule has 1 aliphatic heterocycles. The van der Waals surface area contributed by atoms with E-state index in [-0.39, 0.29) is 17.6 Å². The number of benzene rings is 2. The van der Waals surface area contributed by atoms with E-state index in [4.69, 9.17) is 27.9 Å². The number of carbonyl (C=O) groups is 1. The van der Waals surface area contributed by atoms with E-state index < -0.39 is 10.0 Å². The monoisotopic (exact) mass is 512 g/mol. The molecule has 1 fully saturated rings. The van der Waals surface area contributed by atoms with Gasteiger partial charge in [-0.05, 0) is 54.7 Å². The quantitative estimate of drug-likeness (QED) is 0.468. The zero-order chi connectivity index (χ0) is 23.8. The molecule has 2 aromatic carbocycles. The molecule has 0 unspecified atom stereocenters. The van der Waals surface area contributed by atoms with Gasteiger partial charge in [0.15, 0.2) is 0 Å². The van der Waals surface area contributed by atoms with Gasteiger partial charge in [0, 0.05) is 29.1 Å². The van der Waals surface area contributed by atoms with Gasteiger partial charge in [-0.2, -0.15) is 0 Å². The van der Waals surface area contributed by atoms with E-state index in [2.05, 4.69) is 24.4 Å². The lowest BCUT2D eigenvalue weighted by molar-refractivity contribution is -0.126. The van der Waals surface area contributed by atoms with Crippen molar-refractivity contribution in [1.29, 1.82) is 0 Å². The minimum Gasteiger partial charge on any atom is -0.492 e. The number of aryl methyl sites for hydroxylation is 1. The first-order valence-electron chi connectivity index (χ1n) is 11.2. The molecule has 6 nitrogen and oxygen atoms in total. The Bertz CT molecular complexity index is 1040. The number of nitrogens with one attached hydrogen (secondary N) is 1. The molecule has 0 aromatic heterocycles. The van der Waals surface area contributed by atoms with E-state index in [1.165, 1.54) is 15.9 Å². The fraction of sp³-hybridized carbons (Fsp3) is 0.458. The molecule has 180 valence electrons. The van der Waals surface area contributed by atoms with Crippen LogP contribution < -0.4 is 10.1 Å². The number of carbonyl (C=O) groups excluding carboxylic acids is 1. The molecule has 0 bridgehead atoms. The van der Waals surface area contributed by atoms with Gasteiger partial charge in [0.25, 0.3) is 0 Å². The van der Waals surface area contributed by atoms with Crippen LogP contribution >= 0.6 is 23.2 Å². The third-order valence-electron chi connectivity index (χ3n) is 5.70. The summed E-state index contributed by atoms with van der Waals surface area (Å²) in [6, 6.07) is 12.8. The van der Waals surface area contributed by atoms with E-state index in [0.717, 1.165) is 18.6 Å². The standard InChI is InChI=1S/C24H30Cl2N2O4S/c1-2-3-18-4-8-22(9-5-18)32-15-12-27-24(29)19-10-13-28(14-11-19)33(30,31)17-20-6-7-21(25)16-23(20)26/h4-9,16,19H,2-3,10-15,17H2,1H3,(H,27,29). The Morgan fingerprint density at radius 3 is 2.45 bits per heavy atom. The highest BCUT2D eigenvalue weighted by Gasteiger charge is 2.31. The van der Waals surface area contributed by atoms with Gasteiger partial charge in [-0.15, -0.1) is 0 Å². The van der Waals surface area contributed by atoms with Crippen molar-refractivity contribution in [2.75, 3.05) is 26.2 Å². The lowest BCUT2D eigenvalue weighted by atomic mass is 9.97. The maximum Gasteiger partial charge on any atom is 0.223 e. The summed E-state index contributed by atoms with van der Waals surface area (Å²) in [5, 5.41) is 3.69. The number of ether oxygens (including phenoxy) is 1. The van der Waals surface area contributed by atoms with Gasteiger partial charge in [-0.1, -0.05) is 54.7 Å². The highest BCUT2D eigenvalue weighted by atomic mass is 35.5. The highest BCUT2D eigenvalue weighted by Crippen LogP contribution is 2.26. The smallest absolute Gasteiger partial charge is 0.223 e. The molecule has 0 saturated carbocycles. The zero-order valence-corrected chi connectivity index (χ0v) is 21.1. The van der Waals surface area contributed by atoms with Crippen LogP contribution in [0.5, 0.6) is 5.75 Å². The molecule has 0 radical (unpaired) electrons. The summed E-state index contributed by atoms with van der Waals surface area (Å²) < 4.78 is 32.7. The Balaban J connectivity index is 1.40. The average Bonchev–Trinajstić information content (AvgIpc) is 2.80. The molecule has 3 rings (SSSR count). The number of hydrogen-bond donors (Lipinski definition) is 1. The van der Waals surface area contributed by atoms with Crippen LogP contribution in [0.1, 0.15) is 37.3 Å². The van der Waals surface area contributed by atoms with Gasteiger partial charge in [-0.3, -0.25) is 4.79 Å². The van der Waals surface area contributed by atoms with Crippen LogP contribution in [0.25, 0.3) is 0 Å². The van der Waals surface area contributed by atoms with Gasteiger partial charge in [0.05, 0.1) is 12.3 Å². The molecule has 0 spiro atoms. The fourth-order valence-corrected chi connectivity index (χ4v) is 6.00. The van der Waals surface area contributed by atoms with E-state index in [0.29, 0.717) is 54.7 Å². The summed E-state index contributed by atoms with van der Waals surface area (Å²) in [5.74, 6) is 0.332. The molecule has 1 saturated heterocycles. The molecule has 0 aliphatic carbocycles. The molecule has 0 atom stereocenters. The van der Waals surface area contributed by atoms with Crippen molar-refractivity contribution in [3.8, 4) is 5.75 Å². The molecular formula is C24H30Cl2N2O4S. The number of halogens is 2. The van der Waals surface area contributed by atoms with Crippen molar-refractivity contribution in [2.24, 2.45) is 5.92 Å². The topological polar surface area (TPSA) is 75.7 Å². The number of rotatable bonds is 10. The largest absolute Gasteiger partial charge is 0.492 e. The van der Waals surface area contributed by atoms with Crippen LogP contribution in [0.15, 0.2) is 42.5 Å². The third-order valence-corrected chi connectivity index (χ3v) is 8.12. The summed E-state index contributed by atoms with van der Waals surface area (Å²) in [7, 11) is -3.53. The molecule has 1 amide bonds. The van der Waals surface area contributed by atoms with E-state index in [1.54, 1.807) is 12.1 Å². The third kappa shape index (κ3) is 7.60. The first kappa shape index (κ1) is 25.8. The second-order valence-electron chi connectivity index (χ2n) is 8.20. The Hall–Kier alpha value is -1.80. The van der Waals surface area contributed by atoms with E-state index in [1.807, 2.05) is 12.1 Å². The van der Waals surface area contributed by atoms with Crippen molar-refractivity contribution >= 4 is 39.1 Å². The maximum absolute atomic E-state index is 12.8. The first-order chi connectivity index (χ1) is 15.8. The summed E-state index contributed by atoms with van der Waals surface area (Å²) in [4.78, 5) is 12.5. The second kappa shape index (κ2) is 12.1. The van der Waals surface area contributed by atoms with Crippen molar-refractivity contribution in [3.63, 3.8) is 0 Å². The van der Waals surface area contributed by atoms with Crippen LogP contribution in [0, 0.1) is 5.92 Å². The van der Waals surface area contributed by atoms with Crippen molar-refractivity contribution in [3.05, 3.63) is 63.6 Å². The summed E-state index contributed by atoms with van der Waals surface area (Å²) >= 11 is 12.0. The number of amides is 1. The number of sulfonamides is 1. The van der Waals surface area contributed by atoms with Crippen LogP contribution in [0.3, 0.4) is 0 Å². The number of hydrogen-bond acceptors (Lipinski definition) is 4. The lowest BCUT2D eigenvalue weighted by Crippen LogP contribution is -2.44. The lowest BCUT2D eigenvalue weighted by Gasteiger charge is -2.30. The highest BCUT2D eigenvalue weighted by molar-refractivity contribution is 7.88. The number of piperidine rings is 1. The molecule has 1 heterocycles. The minimum absolute atomic E-state index is 0.0605. The zero-order valence-electron chi connectivity index (χ0n) is 18.7. The fourth-order valence-electron chi connectivity index (χ4n) is 3.85. The minimum atomic E-state index is -3.53. The van der Waals surface area contributed by atoms with E-state index >= 15 is 0 Å². The molecule has 2 aromatic rings. The maximum atomic E-state index is 12.8. The van der Waals surface area contributed by atoms with Gasteiger partial charge < -0.3 is 10.1 Å². The molecule has 9 heteroatoms. The summed E-state index contributed by atoms with van der Waals surface area (Å²) in [5.41, 5.74) is 1.80. The van der Waals surface area contributed by atoms with Crippen LogP contribution in [0.4, 0.5) is 0 Å². The average molecular weight is 513 g/mol. The predicted octanol–water partition coefficient (Wildman–Crippen LogP) is 4.68. The Labute approximate surface area is 206 Å².